The SMILES string of the molecule is N#Cc1ccc(NC(=O)CSc2nc3ccccc3c(=O)n2Cc2ccccc2Cl)cc1. The largest absolute Gasteiger partial charge is 0.325 e. The number of anilines is 1. The van der Waals surface area contributed by atoms with Crippen LogP contribution in [-0.2, 0) is 11.3 Å². The Kier molecular flexibility index (Phi) is 6.55. The molecule has 1 aromatic heterocycles. The molecule has 0 saturated heterocycles. The molecule has 0 aliphatic rings. The van der Waals surface area contributed by atoms with E-state index in [-0.39, 0.29) is 23.8 Å². The lowest BCUT2D eigenvalue weighted by Gasteiger charge is -2.14. The van der Waals surface area contributed by atoms with Crippen LogP contribution < -0.4 is 10.9 Å². The van der Waals surface area contributed by atoms with Gasteiger partial charge in [0.1, 0.15) is 0 Å². The zero-order valence-corrected chi connectivity index (χ0v) is 18.4. The minimum absolute atomic E-state index is 0.0628. The molecule has 0 fully saturated rings. The van der Waals surface area contributed by atoms with Crippen molar-refractivity contribution in [1.29, 1.82) is 5.26 Å². The summed E-state index contributed by atoms with van der Waals surface area (Å²) in [6, 6.07) is 23.1. The van der Waals surface area contributed by atoms with Crippen molar-refractivity contribution in [2.24, 2.45) is 0 Å². The number of benzene rings is 3. The second-order valence-electron chi connectivity index (χ2n) is 6.92. The summed E-state index contributed by atoms with van der Waals surface area (Å²) in [5.41, 5.74) is 2.28. The Hall–Kier alpha value is -3.60. The van der Waals surface area contributed by atoms with Crippen LogP contribution in [0.5, 0.6) is 0 Å². The van der Waals surface area contributed by atoms with Crippen molar-refractivity contribution >= 4 is 45.9 Å². The summed E-state index contributed by atoms with van der Waals surface area (Å²) in [7, 11) is 0. The fraction of sp³-hybridized carbons (Fsp3) is 0.0833. The van der Waals surface area contributed by atoms with Gasteiger partial charge >= 0.3 is 0 Å². The Morgan fingerprint density at radius 2 is 1.78 bits per heavy atom. The number of nitrogens with zero attached hydrogens (tertiary/aromatic N) is 3. The number of thioether (sulfide) groups is 1. The molecule has 6 nitrogen and oxygen atoms in total. The maximum absolute atomic E-state index is 13.2. The highest BCUT2D eigenvalue weighted by Crippen LogP contribution is 2.22. The monoisotopic (exact) mass is 460 g/mol. The predicted octanol–water partition coefficient (Wildman–Crippen LogP) is 4.70. The molecule has 4 rings (SSSR count). The molecule has 0 spiro atoms. The number of amides is 1. The molecule has 0 aliphatic heterocycles. The molecule has 0 saturated carbocycles. The first-order chi connectivity index (χ1) is 15.5. The van der Waals surface area contributed by atoms with E-state index >= 15 is 0 Å². The first-order valence-corrected chi connectivity index (χ1v) is 11.1. The molecular formula is C24H17ClN4O2S. The number of fused-ring (bicyclic) bond motifs is 1. The quantitative estimate of drug-likeness (QED) is 0.333. The summed E-state index contributed by atoms with van der Waals surface area (Å²) in [5, 5.41) is 13.2. The molecule has 0 aliphatic carbocycles. The molecule has 158 valence electrons. The van der Waals surface area contributed by atoms with Gasteiger partial charge in [0.15, 0.2) is 5.16 Å². The summed E-state index contributed by atoms with van der Waals surface area (Å²) in [5.74, 6) is -0.181. The molecule has 1 amide bonds. The predicted molar refractivity (Wildman–Crippen MR) is 127 cm³/mol. The van der Waals surface area contributed by atoms with E-state index in [0.29, 0.717) is 32.3 Å². The third-order valence-corrected chi connectivity index (χ3v) is 6.09. The van der Waals surface area contributed by atoms with Crippen LogP contribution in [-0.4, -0.2) is 21.2 Å². The normalized spacial score (nSPS) is 10.6. The first kappa shape index (κ1) is 21.6. The van der Waals surface area contributed by atoms with Crippen LogP contribution in [0.1, 0.15) is 11.1 Å². The lowest BCUT2D eigenvalue weighted by atomic mass is 10.2. The van der Waals surface area contributed by atoms with Crippen molar-refractivity contribution in [3.05, 3.63) is 99.3 Å². The number of nitrogens with one attached hydrogen (secondary N) is 1. The third-order valence-electron chi connectivity index (χ3n) is 4.74. The number of carbonyl (C=O) groups excluding carboxylic acids is 1. The molecule has 1 N–H and O–H groups in total. The van der Waals surface area contributed by atoms with E-state index in [1.54, 1.807) is 53.1 Å². The Bertz CT molecular complexity index is 1390. The van der Waals surface area contributed by atoms with Gasteiger partial charge in [-0.25, -0.2) is 4.98 Å². The maximum atomic E-state index is 13.2. The van der Waals surface area contributed by atoms with Crippen molar-refractivity contribution in [3.63, 3.8) is 0 Å². The van der Waals surface area contributed by atoms with E-state index < -0.39 is 0 Å². The molecular weight excluding hydrogens is 444 g/mol. The third kappa shape index (κ3) is 4.83. The van der Waals surface area contributed by atoms with Gasteiger partial charge in [0.2, 0.25) is 5.91 Å². The fourth-order valence-corrected chi connectivity index (χ4v) is 4.14. The minimum Gasteiger partial charge on any atom is -0.325 e. The molecule has 0 radical (unpaired) electrons. The topological polar surface area (TPSA) is 87.8 Å². The van der Waals surface area contributed by atoms with Gasteiger partial charge in [-0.1, -0.05) is 53.7 Å². The number of aromatic nitrogens is 2. The summed E-state index contributed by atoms with van der Waals surface area (Å²) >= 11 is 7.49. The van der Waals surface area contributed by atoms with E-state index in [1.165, 1.54) is 11.8 Å². The number of hydrogen-bond donors (Lipinski definition) is 1. The summed E-state index contributed by atoms with van der Waals surface area (Å²) in [6.07, 6.45) is 0. The van der Waals surface area contributed by atoms with E-state index in [0.717, 1.165) is 5.56 Å². The second kappa shape index (κ2) is 9.69. The lowest BCUT2D eigenvalue weighted by molar-refractivity contribution is -0.113. The number of nitriles is 1. The molecule has 32 heavy (non-hydrogen) atoms. The van der Waals surface area contributed by atoms with E-state index in [1.807, 2.05) is 30.3 Å². The van der Waals surface area contributed by atoms with E-state index in [2.05, 4.69) is 10.3 Å². The van der Waals surface area contributed by atoms with Crippen LogP contribution in [0.15, 0.2) is 82.7 Å². The first-order valence-electron chi connectivity index (χ1n) is 9.71. The van der Waals surface area contributed by atoms with Crippen LogP contribution in [0.25, 0.3) is 10.9 Å². The van der Waals surface area contributed by atoms with Crippen LogP contribution in [0.4, 0.5) is 5.69 Å². The summed E-state index contributed by atoms with van der Waals surface area (Å²) in [4.78, 5) is 30.3. The van der Waals surface area contributed by atoms with Gasteiger partial charge in [0, 0.05) is 10.7 Å². The smallest absolute Gasteiger partial charge is 0.262 e. The Balaban J connectivity index is 1.60. The Morgan fingerprint density at radius 1 is 1.06 bits per heavy atom. The number of para-hydroxylation sites is 1. The Morgan fingerprint density at radius 3 is 2.53 bits per heavy atom. The van der Waals surface area contributed by atoms with Gasteiger partial charge in [0.25, 0.3) is 5.56 Å². The number of halogens is 1. The zero-order chi connectivity index (χ0) is 22.5. The number of carbonyl (C=O) groups is 1. The van der Waals surface area contributed by atoms with Gasteiger partial charge in [-0.15, -0.1) is 0 Å². The van der Waals surface area contributed by atoms with Crippen LogP contribution >= 0.6 is 23.4 Å². The van der Waals surface area contributed by atoms with Crippen molar-refractivity contribution in [2.45, 2.75) is 11.7 Å². The molecule has 8 heteroatoms. The van der Waals surface area contributed by atoms with Crippen LogP contribution in [0, 0.1) is 11.3 Å². The summed E-state index contributed by atoms with van der Waals surface area (Å²) in [6.45, 7) is 0.246. The van der Waals surface area contributed by atoms with Gasteiger partial charge in [-0.05, 0) is 48.0 Å². The molecule has 0 unspecified atom stereocenters. The molecule has 0 bridgehead atoms. The van der Waals surface area contributed by atoms with Crippen molar-refractivity contribution in [3.8, 4) is 6.07 Å². The average molecular weight is 461 g/mol. The maximum Gasteiger partial charge on any atom is 0.262 e. The molecule has 0 atom stereocenters. The molecule has 1 heterocycles. The van der Waals surface area contributed by atoms with Crippen molar-refractivity contribution < 1.29 is 4.79 Å². The number of rotatable bonds is 6. The van der Waals surface area contributed by atoms with Gasteiger partial charge in [0.05, 0.1) is 34.8 Å². The highest BCUT2D eigenvalue weighted by molar-refractivity contribution is 7.99. The fourth-order valence-electron chi connectivity index (χ4n) is 3.15. The van der Waals surface area contributed by atoms with Crippen LogP contribution in [0.2, 0.25) is 5.02 Å². The van der Waals surface area contributed by atoms with Crippen LogP contribution in [0.3, 0.4) is 0 Å². The van der Waals surface area contributed by atoms with E-state index in [4.69, 9.17) is 16.9 Å². The summed E-state index contributed by atoms with van der Waals surface area (Å²) < 4.78 is 1.54. The molecule has 4 aromatic rings. The Labute approximate surface area is 193 Å². The van der Waals surface area contributed by atoms with Gasteiger partial charge in [-0.3, -0.25) is 14.2 Å². The van der Waals surface area contributed by atoms with Crippen molar-refractivity contribution in [1.82, 2.24) is 9.55 Å². The average Bonchev–Trinajstić information content (AvgIpc) is 2.81. The van der Waals surface area contributed by atoms with Gasteiger partial charge < -0.3 is 5.32 Å². The molecule has 3 aromatic carbocycles. The number of hydrogen-bond acceptors (Lipinski definition) is 5. The standard InChI is InChI=1S/C24H17ClN4O2S/c25-20-7-3-1-5-17(20)14-29-23(31)19-6-2-4-8-21(19)28-24(29)32-15-22(30)27-18-11-9-16(13-26)10-12-18/h1-12H,14-15H2,(H,27,30). The highest BCUT2D eigenvalue weighted by atomic mass is 35.5. The highest BCUT2D eigenvalue weighted by Gasteiger charge is 2.15. The zero-order valence-electron chi connectivity index (χ0n) is 16.8. The lowest BCUT2D eigenvalue weighted by Crippen LogP contribution is -2.25. The van der Waals surface area contributed by atoms with Gasteiger partial charge in [-0.2, -0.15) is 5.26 Å². The minimum atomic E-state index is -0.244. The van der Waals surface area contributed by atoms with E-state index in [9.17, 15) is 9.59 Å². The van der Waals surface area contributed by atoms with Crippen molar-refractivity contribution in [2.75, 3.05) is 11.1 Å². The second-order valence-corrected chi connectivity index (χ2v) is 8.27.